The molecule has 0 aliphatic carbocycles. The van der Waals surface area contributed by atoms with E-state index in [2.05, 4.69) is 32.8 Å². The Morgan fingerprint density at radius 2 is 1.78 bits per heavy atom. The zero-order valence-corrected chi connectivity index (χ0v) is 17.5. The lowest BCUT2D eigenvalue weighted by Gasteiger charge is -2.11. The second kappa shape index (κ2) is 8.89. The molecule has 0 fully saturated rings. The summed E-state index contributed by atoms with van der Waals surface area (Å²) >= 11 is 0. The average molecular weight is 422 g/mol. The Balaban J connectivity index is 1.49. The number of nitrogens with zero attached hydrogens (tertiary/aromatic N) is 2. The van der Waals surface area contributed by atoms with Gasteiger partial charge in [-0.2, -0.15) is 5.10 Å². The molecule has 32 heavy (non-hydrogen) atoms. The summed E-state index contributed by atoms with van der Waals surface area (Å²) in [6.45, 7) is 0.659. The average Bonchev–Trinajstić information content (AvgIpc) is 3.29. The Morgan fingerprint density at radius 3 is 2.56 bits per heavy atom. The fourth-order valence-corrected chi connectivity index (χ4v) is 3.83. The number of rotatable bonds is 6. The molecular weight excluding hydrogens is 398 g/mol. The highest BCUT2D eigenvalue weighted by Gasteiger charge is 2.20. The van der Waals surface area contributed by atoms with Crippen LogP contribution in [0.25, 0.3) is 11.3 Å². The molecule has 4 aromatic rings. The van der Waals surface area contributed by atoms with Crippen molar-refractivity contribution in [1.29, 1.82) is 0 Å². The van der Waals surface area contributed by atoms with Crippen LogP contribution in [0.5, 0.6) is 0 Å². The van der Waals surface area contributed by atoms with Gasteiger partial charge in [0.25, 0.3) is 5.91 Å². The number of aromatic nitrogens is 2. The summed E-state index contributed by atoms with van der Waals surface area (Å²) in [5.74, 6) is -0.0265. The monoisotopic (exact) mass is 421 g/mol. The van der Waals surface area contributed by atoms with Crippen LogP contribution in [0.2, 0.25) is 0 Å². The fourth-order valence-electron chi connectivity index (χ4n) is 3.83. The zero-order chi connectivity index (χ0) is 21.8. The third-order valence-electron chi connectivity index (χ3n) is 5.48. The van der Waals surface area contributed by atoms with Gasteiger partial charge in [0.05, 0.1) is 22.7 Å². The SMILES string of the molecule is O=C1NCCc2[nH]c(-c3ccnc(/C(Cc4ccccc4)=N/Nc4ccccc4)c3)cc21. The molecule has 6 heteroatoms. The summed E-state index contributed by atoms with van der Waals surface area (Å²) in [5, 5.41) is 7.59. The Kier molecular flexibility index (Phi) is 5.49. The van der Waals surface area contributed by atoms with Crippen LogP contribution in [-0.2, 0) is 12.8 Å². The predicted molar refractivity (Wildman–Crippen MR) is 127 cm³/mol. The molecule has 1 amide bonds. The van der Waals surface area contributed by atoms with Crippen molar-refractivity contribution in [2.75, 3.05) is 12.0 Å². The Labute approximate surface area is 186 Å². The molecule has 0 radical (unpaired) electrons. The summed E-state index contributed by atoms with van der Waals surface area (Å²) in [5.41, 5.74) is 10.4. The second-order valence-corrected chi connectivity index (χ2v) is 7.71. The van der Waals surface area contributed by atoms with E-state index in [9.17, 15) is 4.79 Å². The molecule has 6 nitrogen and oxygen atoms in total. The van der Waals surface area contributed by atoms with Gasteiger partial charge in [-0.25, -0.2) is 0 Å². The van der Waals surface area contributed by atoms with Crippen molar-refractivity contribution in [3.8, 4) is 11.3 Å². The molecule has 158 valence electrons. The number of amides is 1. The van der Waals surface area contributed by atoms with Crippen LogP contribution < -0.4 is 10.7 Å². The maximum Gasteiger partial charge on any atom is 0.253 e. The van der Waals surface area contributed by atoms with Gasteiger partial charge >= 0.3 is 0 Å². The van der Waals surface area contributed by atoms with Crippen molar-refractivity contribution in [2.45, 2.75) is 12.8 Å². The van der Waals surface area contributed by atoms with E-state index in [-0.39, 0.29) is 5.91 Å². The van der Waals surface area contributed by atoms with E-state index >= 15 is 0 Å². The summed E-state index contributed by atoms with van der Waals surface area (Å²) in [6, 6.07) is 26.0. The standard InChI is InChI=1S/C26H23N5O/c32-26-21-17-23(29-22(21)12-14-28-26)19-11-13-27-24(16-19)25(15-18-7-3-1-4-8-18)31-30-20-9-5-2-6-10-20/h1-11,13,16-17,29-30H,12,14-15H2,(H,28,32)/b31-25+. The first-order valence-electron chi connectivity index (χ1n) is 10.6. The van der Waals surface area contributed by atoms with Crippen molar-refractivity contribution < 1.29 is 4.79 Å². The molecular formula is C26H23N5O. The maximum absolute atomic E-state index is 12.2. The van der Waals surface area contributed by atoms with E-state index in [0.717, 1.165) is 46.0 Å². The first-order chi connectivity index (χ1) is 15.8. The highest BCUT2D eigenvalue weighted by molar-refractivity contribution is 6.02. The van der Waals surface area contributed by atoms with Crippen LogP contribution in [0.1, 0.15) is 27.3 Å². The minimum Gasteiger partial charge on any atom is -0.358 e. The van der Waals surface area contributed by atoms with Crippen LogP contribution in [0.15, 0.2) is 90.2 Å². The third-order valence-corrected chi connectivity index (χ3v) is 5.48. The van der Waals surface area contributed by atoms with Crippen LogP contribution in [0.3, 0.4) is 0 Å². The number of fused-ring (bicyclic) bond motifs is 1. The van der Waals surface area contributed by atoms with Crippen LogP contribution in [0, 0.1) is 0 Å². The lowest BCUT2D eigenvalue weighted by atomic mass is 10.0. The minimum absolute atomic E-state index is 0.0265. The number of carbonyl (C=O) groups excluding carboxylic acids is 1. The number of para-hydroxylation sites is 1. The van der Waals surface area contributed by atoms with Gasteiger partial charge in [-0.1, -0.05) is 48.5 Å². The number of aromatic amines is 1. The largest absolute Gasteiger partial charge is 0.358 e. The van der Waals surface area contributed by atoms with Crippen molar-refractivity contribution in [1.82, 2.24) is 15.3 Å². The topological polar surface area (TPSA) is 82.2 Å². The fraction of sp³-hybridized carbons (Fsp3) is 0.115. The molecule has 5 rings (SSSR count). The zero-order valence-electron chi connectivity index (χ0n) is 17.5. The third kappa shape index (κ3) is 4.30. The number of anilines is 1. The Bertz CT molecular complexity index is 1260. The normalized spacial score (nSPS) is 13.4. The van der Waals surface area contributed by atoms with E-state index in [4.69, 9.17) is 5.10 Å². The highest BCUT2D eigenvalue weighted by atomic mass is 16.1. The first-order valence-corrected chi connectivity index (χ1v) is 10.6. The molecule has 2 aromatic heterocycles. The van der Waals surface area contributed by atoms with Crippen LogP contribution in [-0.4, -0.2) is 28.1 Å². The van der Waals surface area contributed by atoms with E-state index in [1.54, 1.807) is 6.20 Å². The molecule has 0 bridgehead atoms. The minimum atomic E-state index is -0.0265. The molecule has 3 heterocycles. The van der Waals surface area contributed by atoms with Gasteiger partial charge < -0.3 is 10.3 Å². The van der Waals surface area contributed by atoms with Gasteiger partial charge in [-0.05, 0) is 35.9 Å². The van der Waals surface area contributed by atoms with E-state index in [0.29, 0.717) is 18.5 Å². The van der Waals surface area contributed by atoms with Crippen molar-refractivity contribution in [3.63, 3.8) is 0 Å². The molecule has 0 saturated heterocycles. The summed E-state index contributed by atoms with van der Waals surface area (Å²) in [6.07, 6.45) is 3.23. The Hall–Kier alpha value is -4.19. The number of hydrogen-bond donors (Lipinski definition) is 3. The second-order valence-electron chi connectivity index (χ2n) is 7.71. The number of hydrogen-bond acceptors (Lipinski definition) is 4. The number of pyridine rings is 1. The predicted octanol–water partition coefficient (Wildman–Crippen LogP) is 4.42. The number of nitrogens with one attached hydrogen (secondary N) is 3. The van der Waals surface area contributed by atoms with Gasteiger partial charge in [-0.15, -0.1) is 0 Å². The molecule has 0 spiro atoms. The van der Waals surface area contributed by atoms with Crippen molar-refractivity contribution in [3.05, 3.63) is 108 Å². The molecule has 0 unspecified atom stereocenters. The first kappa shape index (κ1) is 19.8. The highest BCUT2D eigenvalue weighted by Crippen LogP contribution is 2.24. The van der Waals surface area contributed by atoms with Crippen molar-refractivity contribution in [2.24, 2.45) is 5.10 Å². The lowest BCUT2D eigenvalue weighted by molar-refractivity contribution is 0.0946. The molecule has 1 aliphatic heterocycles. The number of H-pyrrole nitrogens is 1. The van der Waals surface area contributed by atoms with Gasteiger partial charge in [0.2, 0.25) is 0 Å². The van der Waals surface area contributed by atoms with Gasteiger partial charge in [0.1, 0.15) is 0 Å². The number of benzene rings is 2. The summed E-state index contributed by atoms with van der Waals surface area (Å²) < 4.78 is 0. The molecule has 3 N–H and O–H groups in total. The molecule has 0 saturated carbocycles. The number of carbonyl (C=O) groups is 1. The quantitative estimate of drug-likeness (QED) is 0.318. The van der Waals surface area contributed by atoms with Gasteiger partial charge in [0.15, 0.2) is 0 Å². The van der Waals surface area contributed by atoms with Gasteiger partial charge in [0, 0.05) is 42.5 Å². The van der Waals surface area contributed by atoms with E-state index in [1.165, 1.54) is 0 Å². The summed E-state index contributed by atoms with van der Waals surface area (Å²) in [4.78, 5) is 20.2. The molecule has 0 atom stereocenters. The Morgan fingerprint density at radius 1 is 1.00 bits per heavy atom. The smallest absolute Gasteiger partial charge is 0.253 e. The maximum atomic E-state index is 12.2. The van der Waals surface area contributed by atoms with Crippen molar-refractivity contribution >= 4 is 17.3 Å². The van der Waals surface area contributed by atoms with E-state index < -0.39 is 0 Å². The number of hydrazone groups is 1. The van der Waals surface area contributed by atoms with Crippen LogP contribution in [0.4, 0.5) is 5.69 Å². The van der Waals surface area contributed by atoms with E-state index in [1.807, 2.05) is 66.7 Å². The lowest BCUT2D eigenvalue weighted by Crippen LogP contribution is -2.31. The van der Waals surface area contributed by atoms with Gasteiger partial charge in [-0.3, -0.25) is 15.2 Å². The molecule has 1 aliphatic rings. The summed E-state index contributed by atoms with van der Waals surface area (Å²) in [7, 11) is 0. The molecule has 2 aromatic carbocycles. The van der Waals surface area contributed by atoms with Crippen LogP contribution >= 0.6 is 0 Å².